The Bertz CT molecular complexity index is 904. The van der Waals surface area contributed by atoms with Crippen molar-refractivity contribution >= 4 is 17.4 Å². The van der Waals surface area contributed by atoms with Crippen LogP contribution >= 0.6 is 0 Å². The largest absolute Gasteiger partial charge is 0.507 e. The van der Waals surface area contributed by atoms with Crippen molar-refractivity contribution in [1.82, 2.24) is 4.90 Å². The molecule has 2 aromatic rings. The lowest BCUT2D eigenvalue weighted by Gasteiger charge is -2.26. The summed E-state index contributed by atoms with van der Waals surface area (Å²) >= 11 is 0. The summed E-state index contributed by atoms with van der Waals surface area (Å²) in [5.74, 6) is -0.805. The molecule has 3 rings (SSSR count). The Morgan fingerprint density at radius 2 is 1.69 bits per heavy atom. The highest BCUT2D eigenvalue weighted by Crippen LogP contribution is 2.42. The van der Waals surface area contributed by atoms with E-state index in [4.69, 9.17) is 4.74 Å². The molecule has 29 heavy (non-hydrogen) atoms. The van der Waals surface area contributed by atoms with Gasteiger partial charge in [0.1, 0.15) is 11.5 Å². The summed E-state index contributed by atoms with van der Waals surface area (Å²) in [7, 11) is 1.56. The summed E-state index contributed by atoms with van der Waals surface area (Å²) in [4.78, 5) is 27.4. The molecule has 0 aliphatic carbocycles. The Morgan fingerprint density at radius 1 is 1.00 bits per heavy atom. The number of rotatable bonds is 8. The third-order valence-electron chi connectivity index (χ3n) is 5.27. The minimum absolute atomic E-state index is 0.112. The molecule has 1 atom stereocenters. The maximum Gasteiger partial charge on any atom is 0.295 e. The third kappa shape index (κ3) is 4.19. The third-order valence-corrected chi connectivity index (χ3v) is 5.27. The number of carbonyl (C=O) groups is 2. The molecule has 1 N–H and O–H groups in total. The Labute approximate surface area is 171 Å². The van der Waals surface area contributed by atoms with Crippen molar-refractivity contribution in [3.05, 3.63) is 71.3 Å². The van der Waals surface area contributed by atoms with Crippen molar-refractivity contribution in [2.24, 2.45) is 0 Å². The van der Waals surface area contributed by atoms with Crippen molar-refractivity contribution in [3.8, 4) is 5.75 Å². The summed E-state index contributed by atoms with van der Waals surface area (Å²) in [5.41, 5.74) is 1.32. The second kappa shape index (κ2) is 9.41. The van der Waals surface area contributed by atoms with E-state index in [0.717, 1.165) is 25.7 Å². The number of aliphatic hydroxyl groups is 1. The standard InChI is InChI=1S/C24H27NO4/c1-3-4-5-11-16-25-21(18-14-9-10-15-19(18)29-2)20(23(27)24(25)28)22(26)17-12-7-6-8-13-17/h6-10,12-15,21,26H,3-5,11,16H2,1-2H3. The molecule has 1 saturated heterocycles. The van der Waals surface area contributed by atoms with Crippen LogP contribution in [0.5, 0.6) is 5.75 Å². The molecule has 0 saturated carbocycles. The molecule has 1 heterocycles. The van der Waals surface area contributed by atoms with Gasteiger partial charge in [-0.15, -0.1) is 0 Å². The summed E-state index contributed by atoms with van der Waals surface area (Å²) in [5, 5.41) is 11.0. The van der Waals surface area contributed by atoms with Gasteiger partial charge < -0.3 is 14.7 Å². The van der Waals surface area contributed by atoms with Crippen LogP contribution in [0.15, 0.2) is 60.2 Å². The van der Waals surface area contributed by atoms with E-state index in [0.29, 0.717) is 23.4 Å². The second-order valence-corrected chi connectivity index (χ2v) is 7.16. The van der Waals surface area contributed by atoms with Gasteiger partial charge >= 0.3 is 0 Å². The number of aliphatic hydroxyl groups excluding tert-OH is 1. The van der Waals surface area contributed by atoms with Crippen LogP contribution in [-0.4, -0.2) is 35.4 Å². The smallest absolute Gasteiger partial charge is 0.295 e. The number of Topliss-reactive ketones (excluding diaryl/α,β-unsaturated/α-hetero) is 1. The van der Waals surface area contributed by atoms with Gasteiger partial charge in [-0.05, 0) is 12.5 Å². The maximum absolute atomic E-state index is 13.0. The summed E-state index contributed by atoms with van der Waals surface area (Å²) in [6.45, 7) is 2.58. The van der Waals surface area contributed by atoms with Crippen LogP contribution in [0.1, 0.15) is 49.8 Å². The Morgan fingerprint density at radius 3 is 2.38 bits per heavy atom. The van der Waals surface area contributed by atoms with Crippen molar-refractivity contribution in [2.75, 3.05) is 13.7 Å². The summed E-state index contributed by atoms with van der Waals surface area (Å²) < 4.78 is 5.50. The number of amides is 1. The molecular formula is C24H27NO4. The van der Waals surface area contributed by atoms with E-state index in [-0.39, 0.29) is 11.3 Å². The Kier molecular flexibility index (Phi) is 6.70. The Hall–Kier alpha value is -3.08. The van der Waals surface area contributed by atoms with Crippen LogP contribution in [0.4, 0.5) is 0 Å². The van der Waals surface area contributed by atoms with E-state index in [2.05, 4.69) is 6.92 Å². The van der Waals surface area contributed by atoms with Gasteiger partial charge in [0, 0.05) is 17.7 Å². The molecule has 1 fully saturated rings. The number of benzene rings is 2. The van der Waals surface area contributed by atoms with Crippen LogP contribution in [0.2, 0.25) is 0 Å². The van der Waals surface area contributed by atoms with Crippen molar-refractivity contribution in [1.29, 1.82) is 0 Å². The summed E-state index contributed by atoms with van der Waals surface area (Å²) in [6.07, 6.45) is 3.95. The minimum atomic E-state index is -0.673. The molecule has 2 aromatic carbocycles. The first kappa shape index (κ1) is 20.6. The number of ketones is 1. The number of hydrogen-bond acceptors (Lipinski definition) is 4. The lowest BCUT2D eigenvalue weighted by molar-refractivity contribution is -0.139. The number of unbranched alkanes of at least 4 members (excludes halogenated alkanes) is 3. The van der Waals surface area contributed by atoms with E-state index in [1.165, 1.54) is 0 Å². The number of likely N-dealkylation sites (tertiary alicyclic amines) is 1. The van der Waals surface area contributed by atoms with Crippen LogP contribution < -0.4 is 4.74 Å². The Balaban J connectivity index is 2.10. The van der Waals surface area contributed by atoms with Crippen molar-refractivity contribution in [2.45, 2.75) is 38.6 Å². The van der Waals surface area contributed by atoms with Gasteiger partial charge in [0.15, 0.2) is 0 Å². The lowest BCUT2D eigenvalue weighted by Crippen LogP contribution is -2.30. The fourth-order valence-electron chi connectivity index (χ4n) is 3.79. The SMILES string of the molecule is CCCCCCN1C(=O)C(=O)C(=C(O)c2ccccc2)C1c1ccccc1OC. The van der Waals surface area contributed by atoms with E-state index >= 15 is 0 Å². The molecular weight excluding hydrogens is 366 g/mol. The number of para-hydroxylation sites is 1. The van der Waals surface area contributed by atoms with Crippen LogP contribution in [0.3, 0.4) is 0 Å². The zero-order valence-corrected chi connectivity index (χ0v) is 16.9. The molecule has 0 radical (unpaired) electrons. The molecule has 1 amide bonds. The van der Waals surface area contributed by atoms with Crippen molar-refractivity contribution < 1.29 is 19.4 Å². The molecule has 1 unspecified atom stereocenters. The van der Waals surface area contributed by atoms with E-state index < -0.39 is 17.7 Å². The highest BCUT2D eigenvalue weighted by Gasteiger charge is 2.46. The van der Waals surface area contributed by atoms with Crippen LogP contribution in [0, 0.1) is 0 Å². The number of ether oxygens (including phenoxy) is 1. The zero-order chi connectivity index (χ0) is 20.8. The summed E-state index contributed by atoms with van der Waals surface area (Å²) in [6, 6.07) is 15.5. The molecule has 0 aromatic heterocycles. The fraction of sp³-hybridized carbons (Fsp3) is 0.333. The van der Waals surface area contributed by atoms with Gasteiger partial charge in [-0.2, -0.15) is 0 Å². The molecule has 5 heteroatoms. The first-order valence-corrected chi connectivity index (χ1v) is 10.1. The topological polar surface area (TPSA) is 66.8 Å². The fourth-order valence-corrected chi connectivity index (χ4v) is 3.79. The number of nitrogens with zero attached hydrogens (tertiary/aromatic N) is 1. The molecule has 5 nitrogen and oxygen atoms in total. The lowest BCUT2D eigenvalue weighted by atomic mass is 9.94. The van der Waals surface area contributed by atoms with Crippen LogP contribution in [0.25, 0.3) is 5.76 Å². The number of carbonyl (C=O) groups excluding carboxylic acids is 2. The highest BCUT2D eigenvalue weighted by molar-refractivity contribution is 6.46. The molecule has 152 valence electrons. The van der Waals surface area contributed by atoms with Gasteiger partial charge in [0.2, 0.25) is 0 Å². The average molecular weight is 393 g/mol. The molecule has 0 bridgehead atoms. The van der Waals surface area contributed by atoms with Crippen LogP contribution in [-0.2, 0) is 9.59 Å². The average Bonchev–Trinajstić information content (AvgIpc) is 3.01. The monoisotopic (exact) mass is 393 g/mol. The second-order valence-electron chi connectivity index (χ2n) is 7.16. The predicted octanol–water partition coefficient (Wildman–Crippen LogP) is 4.70. The maximum atomic E-state index is 13.0. The van der Waals surface area contributed by atoms with E-state index in [1.807, 2.05) is 24.3 Å². The van der Waals surface area contributed by atoms with E-state index in [1.54, 1.807) is 42.3 Å². The molecule has 0 spiro atoms. The first-order valence-electron chi connectivity index (χ1n) is 10.1. The first-order chi connectivity index (χ1) is 14.1. The number of hydrogen-bond donors (Lipinski definition) is 1. The van der Waals surface area contributed by atoms with Crippen molar-refractivity contribution in [3.63, 3.8) is 0 Å². The normalized spacial score (nSPS) is 18.3. The number of methoxy groups -OCH3 is 1. The van der Waals surface area contributed by atoms with Gasteiger partial charge in [-0.25, -0.2) is 0 Å². The zero-order valence-electron chi connectivity index (χ0n) is 16.9. The highest BCUT2D eigenvalue weighted by atomic mass is 16.5. The molecule has 1 aliphatic rings. The van der Waals surface area contributed by atoms with Gasteiger partial charge in [0.05, 0.1) is 18.7 Å². The quantitative estimate of drug-likeness (QED) is 0.306. The van der Waals surface area contributed by atoms with E-state index in [9.17, 15) is 14.7 Å². The van der Waals surface area contributed by atoms with Gasteiger partial charge in [-0.1, -0.05) is 74.7 Å². The van der Waals surface area contributed by atoms with Gasteiger partial charge in [0.25, 0.3) is 11.7 Å². The molecule has 1 aliphatic heterocycles. The predicted molar refractivity (Wildman–Crippen MR) is 113 cm³/mol. The van der Waals surface area contributed by atoms with Gasteiger partial charge in [-0.3, -0.25) is 9.59 Å². The minimum Gasteiger partial charge on any atom is -0.507 e.